The van der Waals surface area contributed by atoms with Crippen LogP contribution >= 0.6 is 23.4 Å². The monoisotopic (exact) mass is 303 g/mol. The zero-order chi connectivity index (χ0) is 13.8. The second-order valence-corrected chi connectivity index (χ2v) is 5.34. The normalized spacial score (nSPS) is 10.7. The Balaban J connectivity index is 1.78. The Bertz CT molecular complexity index is 701. The van der Waals surface area contributed by atoms with Crippen LogP contribution in [-0.4, -0.2) is 25.2 Å². The molecule has 0 N–H and O–H groups in total. The number of pyridine rings is 1. The number of para-hydroxylation sites is 1. The van der Waals surface area contributed by atoms with Gasteiger partial charge in [0.05, 0.1) is 11.4 Å². The summed E-state index contributed by atoms with van der Waals surface area (Å²) in [5, 5.41) is 13.2. The Kier molecular flexibility index (Phi) is 3.94. The molecule has 7 heteroatoms. The van der Waals surface area contributed by atoms with E-state index in [-0.39, 0.29) is 0 Å². The fraction of sp³-hybridized carbons (Fsp3) is 0.0769. The van der Waals surface area contributed by atoms with Crippen LogP contribution in [-0.2, 0) is 5.75 Å². The summed E-state index contributed by atoms with van der Waals surface area (Å²) in [5.74, 6) is 0.660. The van der Waals surface area contributed by atoms with Gasteiger partial charge in [0.15, 0.2) is 0 Å². The first-order valence-corrected chi connectivity index (χ1v) is 7.26. The number of tetrazole rings is 1. The van der Waals surface area contributed by atoms with Gasteiger partial charge in [-0.15, -0.1) is 5.10 Å². The molecule has 0 aliphatic rings. The SMILES string of the molecule is Clc1ccnc(CSc2nnnn2-c2ccccc2)c1. The van der Waals surface area contributed by atoms with E-state index in [0.717, 1.165) is 16.5 Å². The first kappa shape index (κ1) is 13.1. The third-order valence-electron chi connectivity index (χ3n) is 2.57. The van der Waals surface area contributed by atoms with E-state index in [0.29, 0.717) is 10.8 Å². The molecular formula is C13H10ClN5S. The van der Waals surface area contributed by atoms with Crippen LogP contribution < -0.4 is 0 Å². The zero-order valence-electron chi connectivity index (χ0n) is 10.3. The van der Waals surface area contributed by atoms with Crippen molar-refractivity contribution in [2.24, 2.45) is 0 Å². The molecule has 100 valence electrons. The quantitative estimate of drug-likeness (QED) is 0.694. The summed E-state index contributed by atoms with van der Waals surface area (Å²) in [6.07, 6.45) is 1.69. The van der Waals surface area contributed by atoms with E-state index >= 15 is 0 Å². The Morgan fingerprint density at radius 1 is 1.15 bits per heavy atom. The molecule has 0 bridgehead atoms. The summed E-state index contributed by atoms with van der Waals surface area (Å²) in [6, 6.07) is 13.4. The maximum Gasteiger partial charge on any atom is 0.214 e. The summed E-state index contributed by atoms with van der Waals surface area (Å²) >= 11 is 7.45. The Morgan fingerprint density at radius 3 is 2.80 bits per heavy atom. The van der Waals surface area contributed by atoms with Gasteiger partial charge in [-0.3, -0.25) is 4.98 Å². The van der Waals surface area contributed by atoms with Gasteiger partial charge in [-0.25, -0.2) is 0 Å². The zero-order valence-corrected chi connectivity index (χ0v) is 11.9. The molecule has 3 rings (SSSR count). The molecule has 0 saturated heterocycles. The summed E-state index contributed by atoms with van der Waals surface area (Å²) in [4.78, 5) is 4.26. The molecule has 2 heterocycles. The molecule has 0 fully saturated rings. The van der Waals surface area contributed by atoms with E-state index in [4.69, 9.17) is 11.6 Å². The van der Waals surface area contributed by atoms with Crippen molar-refractivity contribution in [2.75, 3.05) is 0 Å². The van der Waals surface area contributed by atoms with Gasteiger partial charge in [0.25, 0.3) is 0 Å². The van der Waals surface area contributed by atoms with Crippen LogP contribution in [0.2, 0.25) is 5.02 Å². The van der Waals surface area contributed by atoms with Crippen molar-refractivity contribution in [3.63, 3.8) is 0 Å². The molecule has 0 radical (unpaired) electrons. The van der Waals surface area contributed by atoms with Crippen molar-refractivity contribution in [1.29, 1.82) is 0 Å². The van der Waals surface area contributed by atoms with E-state index in [1.54, 1.807) is 16.9 Å². The van der Waals surface area contributed by atoms with Gasteiger partial charge in [0.1, 0.15) is 0 Å². The average molecular weight is 304 g/mol. The van der Waals surface area contributed by atoms with E-state index in [1.165, 1.54) is 11.8 Å². The molecule has 0 aliphatic heterocycles. The molecule has 1 aromatic carbocycles. The minimum atomic E-state index is 0.660. The second kappa shape index (κ2) is 6.02. The Labute approximate surface area is 125 Å². The third kappa shape index (κ3) is 2.97. The van der Waals surface area contributed by atoms with Crippen LogP contribution in [0.25, 0.3) is 5.69 Å². The molecule has 20 heavy (non-hydrogen) atoms. The van der Waals surface area contributed by atoms with Gasteiger partial charge in [0.2, 0.25) is 5.16 Å². The van der Waals surface area contributed by atoms with Crippen molar-refractivity contribution in [3.8, 4) is 5.69 Å². The molecule has 0 unspecified atom stereocenters. The van der Waals surface area contributed by atoms with Crippen LogP contribution in [0.3, 0.4) is 0 Å². The van der Waals surface area contributed by atoms with Gasteiger partial charge in [-0.05, 0) is 34.7 Å². The Hall–Kier alpha value is -1.92. The minimum Gasteiger partial charge on any atom is -0.260 e. The van der Waals surface area contributed by atoms with Crippen molar-refractivity contribution >= 4 is 23.4 Å². The molecule has 0 saturated carbocycles. The lowest BCUT2D eigenvalue weighted by Gasteiger charge is -2.03. The molecule has 2 aromatic heterocycles. The number of benzene rings is 1. The van der Waals surface area contributed by atoms with Crippen LogP contribution in [0.4, 0.5) is 0 Å². The third-order valence-corrected chi connectivity index (χ3v) is 3.76. The first-order valence-electron chi connectivity index (χ1n) is 5.90. The predicted molar refractivity (Wildman–Crippen MR) is 78.0 cm³/mol. The number of nitrogens with zero attached hydrogens (tertiary/aromatic N) is 5. The number of rotatable bonds is 4. The summed E-state index contributed by atoms with van der Waals surface area (Å²) in [7, 11) is 0. The highest BCUT2D eigenvalue weighted by atomic mass is 35.5. The van der Waals surface area contributed by atoms with E-state index in [2.05, 4.69) is 20.5 Å². The topological polar surface area (TPSA) is 56.5 Å². The average Bonchev–Trinajstić information content (AvgIpc) is 2.95. The molecular weight excluding hydrogens is 294 g/mol. The number of hydrogen-bond donors (Lipinski definition) is 0. The fourth-order valence-electron chi connectivity index (χ4n) is 1.67. The minimum absolute atomic E-state index is 0.660. The molecule has 3 aromatic rings. The lowest BCUT2D eigenvalue weighted by Crippen LogP contribution is -1.98. The highest BCUT2D eigenvalue weighted by molar-refractivity contribution is 7.98. The van der Waals surface area contributed by atoms with Gasteiger partial charge in [0, 0.05) is 17.0 Å². The molecule has 0 atom stereocenters. The summed E-state index contributed by atoms with van der Waals surface area (Å²) in [5.41, 5.74) is 1.82. The second-order valence-electron chi connectivity index (χ2n) is 3.96. The van der Waals surface area contributed by atoms with E-state index in [9.17, 15) is 0 Å². The molecule has 0 amide bonds. The maximum absolute atomic E-state index is 5.94. The van der Waals surface area contributed by atoms with Gasteiger partial charge in [-0.1, -0.05) is 41.6 Å². The number of thioether (sulfide) groups is 1. The van der Waals surface area contributed by atoms with Gasteiger partial charge in [-0.2, -0.15) is 4.68 Å². The van der Waals surface area contributed by atoms with Crippen molar-refractivity contribution in [1.82, 2.24) is 25.2 Å². The maximum atomic E-state index is 5.94. The smallest absolute Gasteiger partial charge is 0.214 e. The standard InChI is InChI=1S/C13H10ClN5S/c14-10-6-7-15-11(8-10)9-20-13-16-17-18-19(13)12-4-2-1-3-5-12/h1-8H,9H2. The Morgan fingerprint density at radius 2 is 2.00 bits per heavy atom. The number of hydrogen-bond acceptors (Lipinski definition) is 5. The van der Waals surface area contributed by atoms with Crippen LogP contribution in [0.15, 0.2) is 53.8 Å². The largest absolute Gasteiger partial charge is 0.260 e. The molecule has 5 nitrogen and oxygen atoms in total. The molecule has 0 spiro atoms. The predicted octanol–water partition coefficient (Wildman–Crippen LogP) is 3.00. The first-order chi connectivity index (χ1) is 9.83. The van der Waals surface area contributed by atoms with Crippen molar-refractivity contribution in [3.05, 3.63) is 59.4 Å². The molecule has 0 aliphatic carbocycles. The lowest BCUT2D eigenvalue weighted by atomic mass is 10.3. The van der Waals surface area contributed by atoms with Crippen LogP contribution in [0.1, 0.15) is 5.69 Å². The van der Waals surface area contributed by atoms with Crippen LogP contribution in [0, 0.1) is 0 Å². The highest BCUT2D eigenvalue weighted by Crippen LogP contribution is 2.22. The van der Waals surface area contributed by atoms with Gasteiger partial charge >= 0.3 is 0 Å². The van der Waals surface area contributed by atoms with Crippen molar-refractivity contribution in [2.45, 2.75) is 10.9 Å². The fourth-order valence-corrected chi connectivity index (χ4v) is 2.64. The summed E-state index contributed by atoms with van der Waals surface area (Å²) in [6.45, 7) is 0. The highest BCUT2D eigenvalue weighted by Gasteiger charge is 2.09. The van der Waals surface area contributed by atoms with E-state index in [1.807, 2.05) is 36.4 Å². The number of halogens is 1. The van der Waals surface area contributed by atoms with E-state index < -0.39 is 0 Å². The van der Waals surface area contributed by atoms with Crippen LogP contribution in [0.5, 0.6) is 0 Å². The van der Waals surface area contributed by atoms with Crippen molar-refractivity contribution < 1.29 is 0 Å². The lowest BCUT2D eigenvalue weighted by molar-refractivity contribution is 0.756. The number of aromatic nitrogens is 5. The summed E-state index contributed by atoms with van der Waals surface area (Å²) < 4.78 is 1.70. The van der Waals surface area contributed by atoms with Gasteiger partial charge < -0.3 is 0 Å².